The third kappa shape index (κ3) is 7.16. The third-order valence-corrected chi connectivity index (χ3v) is 5.28. The fraction of sp³-hybridized carbons (Fsp3) is 0.235. The maximum Gasteiger partial charge on any atom is 0.416 e. The summed E-state index contributed by atoms with van der Waals surface area (Å²) in [6, 6.07) is 1.29. The Balaban J connectivity index is 2.29. The lowest BCUT2D eigenvalue weighted by Crippen LogP contribution is -2.11. The van der Waals surface area contributed by atoms with Crippen molar-refractivity contribution in [2.45, 2.75) is 34.5 Å². The summed E-state index contributed by atoms with van der Waals surface area (Å²) in [5.41, 5.74) is -6.44. The number of thioether (sulfide) groups is 2. The standard InChI is InChI=1S/C17H7F12S2/c18-14(19,20)8-1-9(15(21,22)23)4-12(3-8)30-7-31-13-5-10(16(24,25)26)2-11(6-13)17(27,28)29/h1-7H/q-1. The van der Waals surface area contributed by atoms with Crippen molar-refractivity contribution in [3.63, 3.8) is 0 Å². The molecule has 0 atom stereocenters. The van der Waals surface area contributed by atoms with Gasteiger partial charge in [0.05, 0.1) is 22.3 Å². The van der Waals surface area contributed by atoms with E-state index in [1.165, 1.54) is 0 Å². The zero-order valence-corrected chi connectivity index (χ0v) is 16.0. The van der Waals surface area contributed by atoms with Crippen LogP contribution < -0.4 is 0 Å². The molecule has 172 valence electrons. The van der Waals surface area contributed by atoms with Gasteiger partial charge < -0.3 is 23.5 Å². The first-order chi connectivity index (χ1) is 13.9. The van der Waals surface area contributed by atoms with Crippen molar-refractivity contribution in [1.29, 1.82) is 0 Å². The molecule has 0 radical (unpaired) electrons. The van der Waals surface area contributed by atoms with Crippen LogP contribution >= 0.6 is 23.5 Å². The quantitative estimate of drug-likeness (QED) is 0.232. The van der Waals surface area contributed by atoms with Gasteiger partial charge in [0.25, 0.3) is 0 Å². The van der Waals surface area contributed by atoms with Gasteiger partial charge in [-0.05, 0) is 46.2 Å². The molecule has 31 heavy (non-hydrogen) atoms. The van der Waals surface area contributed by atoms with Gasteiger partial charge in [0.2, 0.25) is 0 Å². The maximum atomic E-state index is 12.8. The van der Waals surface area contributed by atoms with Crippen LogP contribution in [0.4, 0.5) is 52.7 Å². The number of hydrogen-bond donors (Lipinski definition) is 0. The lowest BCUT2D eigenvalue weighted by Gasteiger charge is -2.20. The van der Waals surface area contributed by atoms with Crippen LogP contribution in [0.25, 0.3) is 0 Å². The molecule has 0 nitrogen and oxygen atoms in total. The topological polar surface area (TPSA) is 0 Å². The Morgan fingerprint density at radius 3 is 0.839 bits per heavy atom. The SMILES string of the molecule is FC(F)(F)c1cc(S[CH-]Sc2cc(C(F)(F)F)cc(C(F)(F)F)c2)cc(C(F)(F)F)c1. The number of halogens is 12. The minimum atomic E-state index is -5.10. The van der Waals surface area contributed by atoms with Crippen molar-refractivity contribution in [3.05, 3.63) is 63.7 Å². The van der Waals surface area contributed by atoms with E-state index in [0.29, 0.717) is 24.3 Å². The molecule has 0 aliphatic carbocycles. The summed E-state index contributed by atoms with van der Waals surface area (Å²) in [5.74, 6) is 0. The van der Waals surface area contributed by atoms with E-state index in [0.717, 1.165) is 5.08 Å². The highest BCUT2D eigenvalue weighted by Gasteiger charge is 2.38. The Kier molecular flexibility index (Phi) is 7.16. The van der Waals surface area contributed by atoms with Gasteiger partial charge in [-0.25, -0.2) is 5.08 Å². The Morgan fingerprint density at radius 2 is 0.645 bits per heavy atom. The Hall–Kier alpha value is -1.70. The minimum absolute atomic E-state index is 0.111. The van der Waals surface area contributed by atoms with E-state index >= 15 is 0 Å². The summed E-state index contributed by atoms with van der Waals surface area (Å²) in [5, 5.41) is 0.825. The molecule has 0 saturated carbocycles. The first kappa shape index (κ1) is 25.6. The summed E-state index contributed by atoms with van der Waals surface area (Å²) in [4.78, 5) is -1.12. The molecule has 0 aliphatic rings. The van der Waals surface area contributed by atoms with Gasteiger partial charge in [0.15, 0.2) is 0 Å². The van der Waals surface area contributed by atoms with Crippen LogP contribution in [0.2, 0.25) is 0 Å². The molecule has 0 fully saturated rings. The second kappa shape index (κ2) is 8.68. The van der Waals surface area contributed by atoms with E-state index < -0.39 is 56.7 Å². The molecule has 0 aliphatic heterocycles. The van der Waals surface area contributed by atoms with Crippen molar-refractivity contribution in [2.75, 3.05) is 0 Å². The summed E-state index contributed by atoms with van der Waals surface area (Å²) < 4.78 is 154. The van der Waals surface area contributed by atoms with E-state index in [-0.39, 0.29) is 35.7 Å². The van der Waals surface area contributed by atoms with Crippen LogP contribution in [-0.4, -0.2) is 0 Å². The van der Waals surface area contributed by atoms with Crippen molar-refractivity contribution in [1.82, 2.24) is 0 Å². The van der Waals surface area contributed by atoms with E-state index in [2.05, 4.69) is 0 Å². The zero-order valence-electron chi connectivity index (χ0n) is 14.4. The molecule has 2 aromatic rings. The molecule has 0 saturated heterocycles. The van der Waals surface area contributed by atoms with E-state index in [9.17, 15) is 52.7 Å². The summed E-state index contributed by atoms with van der Waals surface area (Å²) in [6.45, 7) is 0. The molecule has 2 rings (SSSR count). The van der Waals surface area contributed by atoms with Gasteiger partial charge in [-0.3, -0.25) is 0 Å². The predicted molar refractivity (Wildman–Crippen MR) is 88.9 cm³/mol. The molecule has 0 heterocycles. The van der Waals surface area contributed by atoms with Gasteiger partial charge in [-0.2, -0.15) is 52.7 Å². The first-order valence-electron chi connectivity index (χ1n) is 7.61. The van der Waals surface area contributed by atoms with Gasteiger partial charge in [0.1, 0.15) is 0 Å². The van der Waals surface area contributed by atoms with Crippen LogP contribution in [0.5, 0.6) is 0 Å². The summed E-state index contributed by atoms with van der Waals surface area (Å²) in [7, 11) is 0. The average molecular weight is 503 g/mol. The number of rotatable bonds is 4. The van der Waals surface area contributed by atoms with Crippen molar-refractivity contribution in [3.8, 4) is 0 Å². The molecule has 14 heteroatoms. The number of benzene rings is 2. The van der Waals surface area contributed by atoms with Crippen LogP contribution in [0, 0.1) is 5.08 Å². The van der Waals surface area contributed by atoms with Gasteiger partial charge in [0, 0.05) is 0 Å². The highest BCUT2D eigenvalue weighted by molar-refractivity contribution is 8.19. The van der Waals surface area contributed by atoms with Crippen molar-refractivity contribution in [2.24, 2.45) is 0 Å². The average Bonchev–Trinajstić information content (AvgIpc) is 2.58. The summed E-state index contributed by atoms with van der Waals surface area (Å²) >= 11 is 0.556. The fourth-order valence-corrected chi connectivity index (χ4v) is 3.99. The smallest absolute Gasteiger partial charge is 0.305 e. The van der Waals surface area contributed by atoms with Crippen LogP contribution in [0.1, 0.15) is 22.3 Å². The zero-order chi connectivity index (χ0) is 23.8. The van der Waals surface area contributed by atoms with Crippen LogP contribution in [0.15, 0.2) is 46.2 Å². The Bertz CT molecular complexity index is 783. The van der Waals surface area contributed by atoms with Crippen molar-refractivity contribution < 1.29 is 52.7 Å². The molecule has 2 aromatic carbocycles. The first-order valence-corrected chi connectivity index (χ1v) is 9.37. The molecule has 0 aromatic heterocycles. The van der Waals surface area contributed by atoms with E-state index in [1.807, 2.05) is 0 Å². The highest BCUT2D eigenvalue weighted by Crippen LogP contribution is 2.43. The highest BCUT2D eigenvalue weighted by atomic mass is 32.2. The summed E-state index contributed by atoms with van der Waals surface area (Å²) in [6.07, 6.45) is -20.4. The van der Waals surface area contributed by atoms with Gasteiger partial charge in [-0.15, -0.1) is 0 Å². The second-order valence-corrected chi connectivity index (χ2v) is 8.00. The molecule has 0 amide bonds. The molecule has 0 unspecified atom stereocenters. The normalized spacial score (nSPS) is 13.5. The van der Waals surface area contributed by atoms with Crippen LogP contribution in [-0.2, 0) is 24.7 Å². The lowest BCUT2D eigenvalue weighted by atomic mass is 10.1. The van der Waals surface area contributed by atoms with E-state index in [4.69, 9.17) is 0 Å². The molecule has 0 bridgehead atoms. The molecule has 0 spiro atoms. The van der Waals surface area contributed by atoms with Crippen molar-refractivity contribution >= 4 is 23.5 Å². The largest absolute Gasteiger partial charge is 0.416 e. The Morgan fingerprint density at radius 1 is 0.419 bits per heavy atom. The molecular formula is C17H7F12S2-. The number of alkyl halides is 12. The lowest BCUT2D eigenvalue weighted by molar-refractivity contribution is -0.145. The fourth-order valence-electron chi connectivity index (χ4n) is 2.12. The Labute approximate surface area is 175 Å². The minimum Gasteiger partial charge on any atom is -0.305 e. The van der Waals surface area contributed by atoms with Gasteiger partial charge in [-0.1, -0.05) is 0 Å². The van der Waals surface area contributed by atoms with Gasteiger partial charge >= 0.3 is 24.7 Å². The number of hydrogen-bond acceptors (Lipinski definition) is 2. The third-order valence-electron chi connectivity index (χ3n) is 3.49. The second-order valence-electron chi connectivity index (χ2n) is 5.82. The van der Waals surface area contributed by atoms with Crippen LogP contribution in [0.3, 0.4) is 0 Å². The molecular weight excluding hydrogens is 496 g/mol. The maximum absolute atomic E-state index is 12.8. The van der Waals surface area contributed by atoms with E-state index in [1.54, 1.807) is 0 Å². The predicted octanol–water partition coefficient (Wildman–Crippen LogP) is 8.77. The molecule has 0 N–H and O–H groups in total. The monoisotopic (exact) mass is 503 g/mol.